The summed E-state index contributed by atoms with van der Waals surface area (Å²) < 4.78 is 14.8. The first-order valence-electron chi connectivity index (χ1n) is 7.57. The zero-order valence-electron chi connectivity index (χ0n) is 14.6. The van der Waals surface area contributed by atoms with Crippen LogP contribution in [-0.4, -0.2) is 48.9 Å². The van der Waals surface area contributed by atoms with Crippen LogP contribution in [0.2, 0.25) is 0 Å². The van der Waals surface area contributed by atoms with Gasteiger partial charge in [0.25, 0.3) is 0 Å². The number of amides is 1. The first-order valence-corrected chi connectivity index (χ1v) is 8.73. The second-order valence-electron chi connectivity index (χ2n) is 4.94. The summed E-state index contributed by atoms with van der Waals surface area (Å²) in [5.41, 5.74) is 0.00635. The van der Waals surface area contributed by atoms with Crippen molar-refractivity contribution in [2.24, 2.45) is 0 Å². The molecule has 0 saturated carbocycles. The average Bonchev–Trinajstić information content (AvgIpc) is 2.87. The number of carbonyl (C=O) groups excluding carboxylic acids is 4. The van der Waals surface area contributed by atoms with Crippen molar-refractivity contribution in [2.45, 2.75) is 27.2 Å². The van der Waals surface area contributed by atoms with Gasteiger partial charge in [-0.05, 0) is 20.8 Å². The number of esters is 2. The van der Waals surface area contributed by atoms with Crippen molar-refractivity contribution >= 4 is 41.3 Å². The highest BCUT2D eigenvalue weighted by molar-refractivity contribution is 7.99. The summed E-state index contributed by atoms with van der Waals surface area (Å²) in [7, 11) is 1.29. The molecule has 8 nitrogen and oxygen atoms in total. The number of methoxy groups -OCH3 is 1. The highest BCUT2D eigenvalue weighted by Crippen LogP contribution is 2.28. The number of Topliss-reactive ketones (excluding diaryl/α,β-unsaturated/α-hetero) is 1. The van der Waals surface area contributed by atoms with E-state index in [0.29, 0.717) is 5.75 Å². The molecule has 0 saturated heterocycles. The van der Waals surface area contributed by atoms with Gasteiger partial charge in [-0.25, -0.2) is 4.79 Å². The molecule has 1 amide bonds. The molecule has 0 spiro atoms. The third-order valence-electron chi connectivity index (χ3n) is 3.08. The Kier molecular flexibility index (Phi) is 8.20. The summed E-state index contributed by atoms with van der Waals surface area (Å²) in [6.07, 6.45) is 0.191. The van der Waals surface area contributed by atoms with E-state index >= 15 is 0 Å². The highest BCUT2D eigenvalue weighted by Gasteiger charge is 2.28. The number of ether oxygens (including phenoxy) is 2. The second-order valence-corrected chi connectivity index (χ2v) is 6.05. The van der Waals surface area contributed by atoms with E-state index in [2.05, 4.69) is 10.1 Å². The summed E-state index contributed by atoms with van der Waals surface area (Å²) in [5.74, 6) is -1.30. The Balaban J connectivity index is 2.82. The largest absolute Gasteiger partial charge is 0.469 e. The van der Waals surface area contributed by atoms with E-state index in [0.717, 1.165) is 0 Å². The van der Waals surface area contributed by atoms with Crippen LogP contribution < -0.4 is 5.32 Å². The maximum absolute atomic E-state index is 12.1. The minimum atomic E-state index is -0.738. The Labute approximate surface area is 149 Å². The number of hydrogen-bond donors (Lipinski definition) is 1. The van der Waals surface area contributed by atoms with E-state index in [9.17, 15) is 19.2 Å². The molecule has 0 bridgehead atoms. The number of rotatable bonds is 9. The maximum Gasteiger partial charge on any atom is 0.344 e. The van der Waals surface area contributed by atoms with E-state index in [-0.39, 0.29) is 53.3 Å². The molecule has 1 aromatic rings. The van der Waals surface area contributed by atoms with Crippen LogP contribution in [-0.2, 0) is 19.1 Å². The quantitative estimate of drug-likeness (QED) is 0.399. The van der Waals surface area contributed by atoms with Gasteiger partial charge in [0.15, 0.2) is 5.78 Å². The lowest BCUT2D eigenvalue weighted by Gasteiger charge is -2.06. The van der Waals surface area contributed by atoms with Gasteiger partial charge in [-0.15, -0.1) is 0 Å². The van der Waals surface area contributed by atoms with E-state index in [1.54, 1.807) is 6.92 Å². The first kappa shape index (κ1) is 20.8. The standard InChI is InChI=1S/C16H21NO7S/c1-5-23-16(21)14-13(9(2)18)10(3)24-15(14)17-11(19)8-25-7-6-12(20)22-4/h5-8H2,1-4H3,(H,17,19). The fraction of sp³-hybridized carbons (Fsp3) is 0.500. The van der Waals surface area contributed by atoms with E-state index in [4.69, 9.17) is 9.15 Å². The van der Waals surface area contributed by atoms with Crippen molar-refractivity contribution < 1.29 is 33.1 Å². The van der Waals surface area contributed by atoms with Crippen molar-refractivity contribution in [3.05, 3.63) is 16.9 Å². The number of nitrogens with one attached hydrogen (secondary N) is 1. The number of aryl methyl sites for hydroxylation is 1. The molecule has 1 rings (SSSR count). The van der Waals surface area contributed by atoms with Gasteiger partial charge in [0.05, 0.1) is 31.5 Å². The molecule has 0 unspecified atom stereocenters. The minimum Gasteiger partial charge on any atom is -0.469 e. The molecule has 1 N–H and O–H groups in total. The van der Waals surface area contributed by atoms with Crippen LogP contribution in [0, 0.1) is 6.92 Å². The smallest absolute Gasteiger partial charge is 0.344 e. The van der Waals surface area contributed by atoms with Crippen LogP contribution in [0.1, 0.15) is 46.7 Å². The summed E-state index contributed by atoms with van der Waals surface area (Å²) in [5, 5.41) is 2.47. The third-order valence-corrected chi connectivity index (χ3v) is 4.04. The lowest BCUT2D eigenvalue weighted by molar-refractivity contribution is -0.140. The molecule has 0 fully saturated rings. The van der Waals surface area contributed by atoms with Gasteiger partial charge in [0.2, 0.25) is 11.8 Å². The van der Waals surface area contributed by atoms with Gasteiger partial charge in [0, 0.05) is 5.75 Å². The molecule has 0 aliphatic rings. The van der Waals surface area contributed by atoms with Gasteiger partial charge < -0.3 is 13.9 Å². The van der Waals surface area contributed by atoms with Crippen LogP contribution in [0.15, 0.2) is 4.42 Å². The number of furan rings is 1. The Morgan fingerprint density at radius 1 is 1.20 bits per heavy atom. The zero-order valence-corrected chi connectivity index (χ0v) is 15.4. The van der Waals surface area contributed by atoms with Gasteiger partial charge in [0.1, 0.15) is 11.3 Å². The van der Waals surface area contributed by atoms with E-state index in [1.165, 1.54) is 32.7 Å². The Morgan fingerprint density at radius 3 is 2.44 bits per heavy atom. The van der Waals surface area contributed by atoms with Crippen molar-refractivity contribution in [3.63, 3.8) is 0 Å². The first-order chi connectivity index (χ1) is 11.8. The Bertz CT molecular complexity index is 666. The molecule has 0 aromatic carbocycles. The second kappa shape index (κ2) is 9.87. The number of hydrogen-bond acceptors (Lipinski definition) is 8. The van der Waals surface area contributed by atoms with Gasteiger partial charge in [-0.3, -0.25) is 19.7 Å². The normalized spacial score (nSPS) is 10.2. The molecule has 0 aliphatic carbocycles. The highest BCUT2D eigenvalue weighted by atomic mass is 32.2. The van der Waals surface area contributed by atoms with Crippen molar-refractivity contribution in [1.82, 2.24) is 0 Å². The summed E-state index contributed by atoms with van der Waals surface area (Å²) in [6, 6.07) is 0. The number of anilines is 1. The van der Waals surface area contributed by atoms with Crippen molar-refractivity contribution in [1.29, 1.82) is 0 Å². The third kappa shape index (κ3) is 5.93. The predicted molar refractivity (Wildman–Crippen MR) is 92.0 cm³/mol. The Hall–Kier alpha value is -2.29. The lowest BCUT2D eigenvalue weighted by Crippen LogP contribution is -2.18. The SMILES string of the molecule is CCOC(=O)c1c(NC(=O)CSCCC(=O)OC)oc(C)c1C(C)=O. The molecular weight excluding hydrogens is 350 g/mol. The van der Waals surface area contributed by atoms with Crippen LogP contribution >= 0.6 is 11.8 Å². The molecule has 138 valence electrons. The maximum atomic E-state index is 12.1. The van der Waals surface area contributed by atoms with Gasteiger partial charge in [-0.1, -0.05) is 0 Å². The summed E-state index contributed by atoms with van der Waals surface area (Å²) in [6.45, 7) is 4.58. The Morgan fingerprint density at radius 2 is 1.88 bits per heavy atom. The molecule has 9 heteroatoms. The molecule has 25 heavy (non-hydrogen) atoms. The van der Waals surface area contributed by atoms with Crippen LogP contribution in [0.5, 0.6) is 0 Å². The number of thioether (sulfide) groups is 1. The monoisotopic (exact) mass is 371 g/mol. The molecule has 0 aliphatic heterocycles. The molecule has 1 aromatic heterocycles. The fourth-order valence-electron chi connectivity index (χ4n) is 2.04. The van der Waals surface area contributed by atoms with Gasteiger partial charge >= 0.3 is 11.9 Å². The predicted octanol–water partition coefficient (Wildman–Crippen LogP) is 2.20. The topological polar surface area (TPSA) is 112 Å². The lowest BCUT2D eigenvalue weighted by atomic mass is 10.1. The van der Waals surface area contributed by atoms with Crippen LogP contribution in [0.25, 0.3) is 0 Å². The van der Waals surface area contributed by atoms with Crippen molar-refractivity contribution in [2.75, 3.05) is 30.5 Å². The van der Waals surface area contributed by atoms with E-state index in [1.807, 2.05) is 0 Å². The number of ketones is 1. The molecule has 1 heterocycles. The molecule has 0 radical (unpaired) electrons. The number of carbonyl (C=O) groups is 4. The van der Waals surface area contributed by atoms with Gasteiger partial charge in [-0.2, -0.15) is 11.8 Å². The fourth-order valence-corrected chi connectivity index (χ4v) is 2.75. The van der Waals surface area contributed by atoms with E-state index < -0.39 is 11.9 Å². The summed E-state index contributed by atoms with van der Waals surface area (Å²) >= 11 is 1.23. The summed E-state index contributed by atoms with van der Waals surface area (Å²) in [4.78, 5) is 46.9. The van der Waals surface area contributed by atoms with Crippen molar-refractivity contribution in [3.8, 4) is 0 Å². The van der Waals surface area contributed by atoms with Crippen LogP contribution in [0.4, 0.5) is 5.88 Å². The molecular formula is C16H21NO7S. The minimum absolute atomic E-state index is 0.0500. The zero-order chi connectivity index (χ0) is 19.0. The molecule has 0 atom stereocenters. The average molecular weight is 371 g/mol. The van der Waals surface area contributed by atoms with Crippen LogP contribution in [0.3, 0.4) is 0 Å².